The molecular weight excluding hydrogens is 327 g/mol. The Hall–Kier alpha value is -0.800. The lowest BCUT2D eigenvalue weighted by Crippen LogP contribution is -2.24. The molecule has 5 heteroatoms. The van der Waals surface area contributed by atoms with E-state index in [9.17, 15) is 0 Å². The van der Waals surface area contributed by atoms with Crippen molar-refractivity contribution in [3.63, 3.8) is 0 Å². The third-order valence-electron chi connectivity index (χ3n) is 3.26. The van der Waals surface area contributed by atoms with Crippen LogP contribution in [0.1, 0.15) is 30.5 Å². The summed E-state index contributed by atoms with van der Waals surface area (Å²) in [5.74, 6) is 0. The molecule has 2 rings (SSSR count). The first-order chi connectivity index (χ1) is 10.1. The molecule has 1 aromatic carbocycles. The third-order valence-corrected chi connectivity index (χ3v) is 4.16. The average Bonchev–Trinajstić information content (AvgIpc) is 2.46. The summed E-state index contributed by atoms with van der Waals surface area (Å²) in [6.45, 7) is 3.04. The Bertz CT molecular complexity index is 602. The highest BCUT2D eigenvalue weighted by Gasteiger charge is 2.16. The Labute approximate surface area is 140 Å². The largest absolute Gasteiger partial charge is 0.310 e. The van der Waals surface area contributed by atoms with Crippen LogP contribution in [-0.4, -0.2) is 11.5 Å². The maximum absolute atomic E-state index is 6.28. The molecule has 0 saturated carbocycles. The van der Waals surface area contributed by atoms with E-state index in [1.807, 2.05) is 18.2 Å². The van der Waals surface area contributed by atoms with Crippen LogP contribution in [0.4, 0.5) is 0 Å². The minimum absolute atomic E-state index is 0.0964. The van der Waals surface area contributed by atoms with E-state index < -0.39 is 0 Å². The normalized spacial score (nSPS) is 12.4. The van der Waals surface area contributed by atoms with Crippen molar-refractivity contribution in [2.45, 2.75) is 25.8 Å². The summed E-state index contributed by atoms with van der Waals surface area (Å²) < 4.78 is 0. The monoisotopic (exact) mass is 342 g/mol. The molecule has 0 spiro atoms. The van der Waals surface area contributed by atoms with Gasteiger partial charge < -0.3 is 5.32 Å². The molecule has 112 valence electrons. The van der Waals surface area contributed by atoms with Gasteiger partial charge in [-0.15, -0.1) is 0 Å². The van der Waals surface area contributed by atoms with Crippen molar-refractivity contribution in [3.05, 3.63) is 62.9 Å². The van der Waals surface area contributed by atoms with Gasteiger partial charge in [0.1, 0.15) is 0 Å². The van der Waals surface area contributed by atoms with E-state index in [-0.39, 0.29) is 6.04 Å². The van der Waals surface area contributed by atoms with E-state index in [0.29, 0.717) is 15.1 Å². The van der Waals surface area contributed by atoms with Gasteiger partial charge in [0, 0.05) is 28.5 Å². The molecule has 21 heavy (non-hydrogen) atoms. The van der Waals surface area contributed by atoms with E-state index in [1.54, 1.807) is 18.5 Å². The molecule has 0 radical (unpaired) electrons. The Morgan fingerprint density at radius 1 is 1.14 bits per heavy atom. The minimum atomic E-state index is 0.0964. The van der Waals surface area contributed by atoms with Gasteiger partial charge in [0.25, 0.3) is 0 Å². The SMILES string of the molecule is CCCNC(Cc1ccc(Cl)cc1Cl)c1ccncc1Cl. The van der Waals surface area contributed by atoms with Gasteiger partial charge in [0.2, 0.25) is 0 Å². The second-order valence-corrected chi connectivity index (χ2v) is 6.09. The lowest BCUT2D eigenvalue weighted by atomic mass is 9.99. The second kappa shape index (κ2) is 8.00. The standard InChI is InChI=1S/C16H17Cl3N2/c1-2-6-21-16(13-5-7-20-10-15(13)19)8-11-3-4-12(17)9-14(11)18/h3-5,7,9-10,16,21H,2,6,8H2,1H3. The van der Waals surface area contributed by atoms with E-state index in [1.165, 1.54) is 0 Å². The van der Waals surface area contributed by atoms with Crippen LogP contribution in [0.3, 0.4) is 0 Å². The fourth-order valence-electron chi connectivity index (χ4n) is 2.19. The molecule has 1 heterocycles. The molecule has 1 aromatic heterocycles. The number of aromatic nitrogens is 1. The molecule has 0 saturated heterocycles. The first kappa shape index (κ1) is 16.6. The van der Waals surface area contributed by atoms with Gasteiger partial charge in [-0.2, -0.15) is 0 Å². The van der Waals surface area contributed by atoms with E-state index in [4.69, 9.17) is 34.8 Å². The first-order valence-corrected chi connectivity index (χ1v) is 8.02. The predicted octanol–water partition coefficient (Wildman–Crippen LogP) is 5.33. The topological polar surface area (TPSA) is 24.9 Å². The third kappa shape index (κ3) is 4.58. The Balaban J connectivity index is 2.26. The van der Waals surface area contributed by atoms with Gasteiger partial charge in [-0.05, 0) is 48.7 Å². The zero-order valence-corrected chi connectivity index (χ0v) is 14.0. The highest BCUT2D eigenvalue weighted by atomic mass is 35.5. The zero-order valence-electron chi connectivity index (χ0n) is 11.7. The minimum Gasteiger partial charge on any atom is -0.310 e. The summed E-state index contributed by atoms with van der Waals surface area (Å²) in [4.78, 5) is 4.04. The number of hydrogen-bond donors (Lipinski definition) is 1. The average molecular weight is 344 g/mol. The molecule has 0 aliphatic carbocycles. The molecule has 0 amide bonds. The fraction of sp³-hybridized carbons (Fsp3) is 0.312. The predicted molar refractivity (Wildman–Crippen MR) is 90.4 cm³/mol. The molecular formula is C16H17Cl3N2. The number of benzene rings is 1. The van der Waals surface area contributed by atoms with Gasteiger partial charge in [0.15, 0.2) is 0 Å². The van der Waals surface area contributed by atoms with Crippen LogP contribution in [0.2, 0.25) is 15.1 Å². The van der Waals surface area contributed by atoms with Crippen molar-refractivity contribution in [3.8, 4) is 0 Å². The Morgan fingerprint density at radius 2 is 1.95 bits per heavy atom. The highest BCUT2D eigenvalue weighted by Crippen LogP contribution is 2.29. The molecule has 0 fully saturated rings. The maximum Gasteiger partial charge on any atom is 0.0637 e. The molecule has 1 unspecified atom stereocenters. The van der Waals surface area contributed by atoms with Gasteiger partial charge in [-0.3, -0.25) is 4.98 Å². The quantitative estimate of drug-likeness (QED) is 0.767. The summed E-state index contributed by atoms with van der Waals surface area (Å²) in [7, 11) is 0. The fourth-order valence-corrected chi connectivity index (χ4v) is 2.92. The summed E-state index contributed by atoms with van der Waals surface area (Å²) in [6, 6.07) is 7.62. The first-order valence-electron chi connectivity index (χ1n) is 6.88. The summed E-state index contributed by atoms with van der Waals surface area (Å²) in [5.41, 5.74) is 2.08. The summed E-state index contributed by atoms with van der Waals surface area (Å²) >= 11 is 18.5. The number of nitrogens with zero attached hydrogens (tertiary/aromatic N) is 1. The molecule has 0 aliphatic heterocycles. The van der Waals surface area contributed by atoms with Gasteiger partial charge in [0.05, 0.1) is 5.02 Å². The lowest BCUT2D eigenvalue weighted by molar-refractivity contribution is 0.529. The van der Waals surface area contributed by atoms with Gasteiger partial charge in [-0.25, -0.2) is 0 Å². The van der Waals surface area contributed by atoms with Gasteiger partial charge >= 0.3 is 0 Å². The van der Waals surface area contributed by atoms with Crippen LogP contribution in [0.25, 0.3) is 0 Å². The molecule has 2 nitrogen and oxygen atoms in total. The van der Waals surface area contributed by atoms with Crippen molar-refractivity contribution in [1.82, 2.24) is 10.3 Å². The van der Waals surface area contributed by atoms with E-state index >= 15 is 0 Å². The Kier molecular flexibility index (Phi) is 6.31. The van der Waals surface area contributed by atoms with Crippen molar-refractivity contribution < 1.29 is 0 Å². The molecule has 0 aliphatic rings. The van der Waals surface area contributed by atoms with Crippen LogP contribution < -0.4 is 5.32 Å². The summed E-state index contributed by atoms with van der Waals surface area (Å²) in [5, 5.41) is 5.50. The van der Waals surface area contributed by atoms with Crippen LogP contribution in [0.5, 0.6) is 0 Å². The number of nitrogens with one attached hydrogen (secondary N) is 1. The van der Waals surface area contributed by atoms with E-state index in [0.717, 1.165) is 30.5 Å². The molecule has 1 atom stereocenters. The van der Waals surface area contributed by atoms with Crippen LogP contribution in [0.15, 0.2) is 36.7 Å². The lowest BCUT2D eigenvalue weighted by Gasteiger charge is -2.20. The van der Waals surface area contributed by atoms with Crippen molar-refractivity contribution in [2.75, 3.05) is 6.54 Å². The molecule has 2 aromatic rings. The Morgan fingerprint density at radius 3 is 2.62 bits per heavy atom. The second-order valence-electron chi connectivity index (χ2n) is 4.84. The number of pyridine rings is 1. The molecule has 0 bridgehead atoms. The number of rotatable bonds is 6. The zero-order chi connectivity index (χ0) is 15.2. The van der Waals surface area contributed by atoms with E-state index in [2.05, 4.69) is 17.2 Å². The molecule has 1 N–H and O–H groups in total. The van der Waals surface area contributed by atoms with Crippen LogP contribution in [-0.2, 0) is 6.42 Å². The number of halogens is 3. The van der Waals surface area contributed by atoms with Crippen molar-refractivity contribution in [1.29, 1.82) is 0 Å². The maximum atomic E-state index is 6.28. The smallest absolute Gasteiger partial charge is 0.0637 e. The number of hydrogen-bond acceptors (Lipinski definition) is 2. The van der Waals surface area contributed by atoms with Crippen molar-refractivity contribution >= 4 is 34.8 Å². The van der Waals surface area contributed by atoms with Crippen LogP contribution >= 0.6 is 34.8 Å². The van der Waals surface area contributed by atoms with Crippen molar-refractivity contribution in [2.24, 2.45) is 0 Å². The highest BCUT2D eigenvalue weighted by molar-refractivity contribution is 6.35. The van der Waals surface area contributed by atoms with Crippen LogP contribution in [0, 0.1) is 0 Å². The van der Waals surface area contributed by atoms with Gasteiger partial charge in [-0.1, -0.05) is 47.8 Å². The summed E-state index contributed by atoms with van der Waals surface area (Å²) in [6.07, 6.45) is 5.22.